The smallest absolute Gasteiger partial charge is 0.256 e. The van der Waals surface area contributed by atoms with Gasteiger partial charge in [0.25, 0.3) is 5.56 Å². The minimum Gasteiger partial charge on any atom is -0.398 e. The van der Waals surface area contributed by atoms with Crippen molar-refractivity contribution in [2.75, 3.05) is 5.73 Å². The Morgan fingerprint density at radius 3 is 2.72 bits per heavy atom. The molecule has 0 aliphatic heterocycles. The number of nitrogens with two attached hydrogens (primary N) is 1. The number of aromatic amines is 1. The summed E-state index contributed by atoms with van der Waals surface area (Å²) in [7, 11) is 0. The number of pyridine rings is 1. The molecule has 2 rings (SSSR count). The second kappa shape index (κ2) is 6.45. The number of H-pyrrole nitrogens is 1. The van der Waals surface area contributed by atoms with Gasteiger partial charge in [-0.05, 0) is 31.0 Å². The van der Waals surface area contributed by atoms with Crippen LogP contribution in [0.25, 0.3) is 10.8 Å². The lowest BCUT2D eigenvalue weighted by atomic mass is 10.1. The molecule has 4 heteroatoms. The molecule has 0 saturated heterocycles. The Morgan fingerprint density at radius 1 is 1.22 bits per heavy atom. The second-order valence-corrected chi connectivity index (χ2v) is 4.39. The molecule has 0 aliphatic rings. The number of unbranched alkanes of at least 4 members (excludes halogenated alkanes) is 2. The molecule has 3 nitrogen and oxygen atoms in total. The highest BCUT2D eigenvalue weighted by molar-refractivity contribution is 5.92. The van der Waals surface area contributed by atoms with Crippen molar-refractivity contribution in [2.45, 2.75) is 32.6 Å². The van der Waals surface area contributed by atoms with Gasteiger partial charge >= 0.3 is 0 Å². The van der Waals surface area contributed by atoms with E-state index in [-0.39, 0.29) is 18.0 Å². The molecule has 1 aromatic heterocycles. The zero-order valence-electron chi connectivity index (χ0n) is 10.5. The highest BCUT2D eigenvalue weighted by atomic mass is 35.5. The van der Waals surface area contributed by atoms with Gasteiger partial charge in [0.15, 0.2) is 0 Å². The van der Waals surface area contributed by atoms with Gasteiger partial charge in [-0.15, -0.1) is 12.4 Å². The third-order valence-electron chi connectivity index (χ3n) is 3.03. The molecule has 0 unspecified atom stereocenters. The van der Waals surface area contributed by atoms with Gasteiger partial charge in [0.2, 0.25) is 0 Å². The highest BCUT2D eigenvalue weighted by Crippen LogP contribution is 2.18. The van der Waals surface area contributed by atoms with E-state index < -0.39 is 0 Å². The monoisotopic (exact) mass is 266 g/mol. The fourth-order valence-electron chi connectivity index (χ4n) is 2.07. The molecular formula is C14H19ClN2O. The molecule has 0 aliphatic carbocycles. The van der Waals surface area contributed by atoms with Crippen LogP contribution in [0.15, 0.2) is 29.1 Å². The predicted molar refractivity (Wildman–Crippen MR) is 79.5 cm³/mol. The van der Waals surface area contributed by atoms with Crippen LogP contribution in [-0.2, 0) is 6.42 Å². The van der Waals surface area contributed by atoms with Gasteiger partial charge in [-0.2, -0.15) is 0 Å². The first-order chi connectivity index (χ1) is 8.22. The lowest BCUT2D eigenvalue weighted by Gasteiger charge is -2.05. The molecule has 1 aromatic carbocycles. The maximum Gasteiger partial charge on any atom is 0.256 e. The van der Waals surface area contributed by atoms with Crippen LogP contribution in [-0.4, -0.2) is 4.98 Å². The Balaban J connectivity index is 0.00000162. The summed E-state index contributed by atoms with van der Waals surface area (Å²) in [6.07, 6.45) is 4.38. The summed E-state index contributed by atoms with van der Waals surface area (Å²) < 4.78 is 0. The number of nitrogens with one attached hydrogen (secondary N) is 1. The number of hydrogen-bond donors (Lipinski definition) is 2. The number of halogens is 1. The number of rotatable bonds is 4. The summed E-state index contributed by atoms with van der Waals surface area (Å²) in [6.45, 7) is 2.17. The molecule has 0 amide bonds. The van der Waals surface area contributed by atoms with Gasteiger partial charge in [0.1, 0.15) is 0 Å². The first kappa shape index (κ1) is 14.6. The fraction of sp³-hybridized carbons (Fsp3) is 0.357. The van der Waals surface area contributed by atoms with Crippen LogP contribution in [0.4, 0.5) is 5.69 Å². The zero-order chi connectivity index (χ0) is 12.3. The molecule has 0 spiro atoms. The average molecular weight is 267 g/mol. The first-order valence-corrected chi connectivity index (χ1v) is 6.12. The van der Waals surface area contributed by atoms with Crippen molar-refractivity contribution in [3.05, 3.63) is 40.3 Å². The normalized spacial score (nSPS) is 10.3. The molecule has 0 saturated carbocycles. The van der Waals surface area contributed by atoms with Crippen LogP contribution in [0.5, 0.6) is 0 Å². The van der Waals surface area contributed by atoms with E-state index in [4.69, 9.17) is 5.73 Å². The molecular weight excluding hydrogens is 248 g/mol. The number of aromatic nitrogens is 1. The van der Waals surface area contributed by atoms with Crippen LogP contribution in [0.3, 0.4) is 0 Å². The molecule has 1 heterocycles. The lowest BCUT2D eigenvalue weighted by Crippen LogP contribution is -2.10. The Kier molecular flexibility index (Phi) is 5.23. The van der Waals surface area contributed by atoms with Crippen molar-refractivity contribution in [3.63, 3.8) is 0 Å². The number of hydrogen-bond acceptors (Lipinski definition) is 2. The molecule has 0 radical (unpaired) electrons. The Labute approximate surface area is 113 Å². The number of anilines is 1. The maximum atomic E-state index is 11.9. The van der Waals surface area contributed by atoms with E-state index in [2.05, 4.69) is 11.9 Å². The Bertz CT molecular complexity index is 578. The van der Waals surface area contributed by atoms with Crippen molar-refractivity contribution < 1.29 is 0 Å². The van der Waals surface area contributed by atoms with Gasteiger partial charge in [-0.3, -0.25) is 4.79 Å². The fourth-order valence-corrected chi connectivity index (χ4v) is 2.07. The topological polar surface area (TPSA) is 58.9 Å². The molecule has 3 N–H and O–H groups in total. The number of fused-ring (bicyclic) bond motifs is 1. The lowest BCUT2D eigenvalue weighted by molar-refractivity contribution is 0.707. The van der Waals surface area contributed by atoms with E-state index in [1.807, 2.05) is 18.2 Å². The number of benzene rings is 1. The zero-order valence-corrected chi connectivity index (χ0v) is 11.3. The maximum absolute atomic E-state index is 11.9. The third kappa shape index (κ3) is 3.05. The van der Waals surface area contributed by atoms with Crippen molar-refractivity contribution in [3.8, 4) is 0 Å². The van der Waals surface area contributed by atoms with Gasteiger partial charge < -0.3 is 10.7 Å². The Hall–Kier alpha value is -1.48. The van der Waals surface area contributed by atoms with E-state index in [9.17, 15) is 4.79 Å². The van der Waals surface area contributed by atoms with Gasteiger partial charge in [0.05, 0.1) is 0 Å². The van der Waals surface area contributed by atoms with Gasteiger partial charge in [-0.1, -0.05) is 25.8 Å². The number of aryl methyl sites for hydroxylation is 1. The van der Waals surface area contributed by atoms with Crippen molar-refractivity contribution in [1.29, 1.82) is 0 Å². The van der Waals surface area contributed by atoms with Crippen LogP contribution in [0.1, 0.15) is 31.9 Å². The largest absolute Gasteiger partial charge is 0.398 e. The van der Waals surface area contributed by atoms with Crippen molar-refractivity contribution >= 4 is 28.9 Å². The SMILES string of the molecule is CCCCCc1cc2c(N)cccc2c(=O)[nH]1.Cl. The first-order valence-electron chi connectivity index (χ1n) is 6.12. The van der Waals surface area contributed by atoms with Gasteiger partial charge in [-0.25, -0.2) is 0 Å². The molecule has 18 heavy (non-hydrogen) atoms. The number of nitrogen functional groups attached to an aromatic ring is 1. The quantitative estimate of drug-likeness (QED) is 0.659. The van der Waals surface area contributed by atoms with E-state index in [0.717, 1.165) is 23.9 Å². The van der Waals surface area contributed by atoms with Crippen LogP contribution < -0.4 is 11.3 Å². The van der Waals surface area contributed by atoms with Crippen molar-refractivity contribution in [2.24, 2.45) is 0 Å². The van der Waals surface area contributed by atoms with Gasteiger partial charge in [0, 0.05) is 22.2 Å². The molecule has 0 fully saturated rings. The highest BCUT2D eigenvalue weighted by Gasteiger charge is 2.04. The molecule has 2 aromatic rings. The molecule has 0 atom stereocenters. The average Bonchev–Trinajstić information content (AvgIpc) is 2.31. The van der Waals surface area contributed by atoms with E-state index in [1.54, 1.807) is 6.07 Å². The molecule has 98 valence electrons. The second-order valence-electron chi connectivity index (χ2n) is 4.39. The van der Waals surface area contributed by atoms with Crippen molar-refractivity contribution in [1.82, 2.24) is 4.98 Å². The summed E-state index contributed by atoms with van der Waals surface area (Å²) in [6, 6.07) is 7.45. The van der Waals surface area contributed by atoms with Crippen LogP contribution >= 0.6 is 12.4 Å². The van der Waals surface area contributed by atoms with Crippen LogP contribution in [0, 0.1) is 0 Å². The van der Waals surface area contributed by atoms with Crippen LogP contribution in [0.2, 0.25) is 0 Å². The van der Waals surface area contributed by atoms with E-state index >= 15 is 0 Å². The summed E-state index contributed by atoms with van der Waals surface area (Å²) in [4.78, 5) is 14.8. The summed E-state index contributed by atoms with van der Waals surface area (Å²) in [5.41, 5.74) is 7.51. The van der Waals surface area contributed by atoms with E-state index in [1.165, 1.54) is 12.8 Å². The summed E-state index contributed by atoms with van der Waals surface area (Å²) in [5.74, 6) is 0. The van der Waals surface area contributed by atoms with E-state index in [0.29, 0.717) is 11.1 Å². The minimum atomic E-state index is -0.0405. The summed E-state index contributed by atoms with van der Waals surface area (Å²) >= 11 is 0. The Morgan fingerprint density at radius 2 is 2.00 bits per heavy atom. The predicted octanol–water partition coefficient (Wildman–Crippen LogP) is 3.26. The molecule has 0 bridgehead atoms. The standard InChI is InChI=1S/C14H18N2O.ClH/c1-2-3-4-6-10-9-12-11(14(17)16-10)7-5-8-13(12)15;/h5,7-9H,2-4,6,15H2,1H3,(H,16,17);1H. The summed E-state index contributed by atoms with van der Waals surface area (Å²) in [5, 5.41) is 1.53. The minimum absolute atomic E-state index is 0. The third-order valence-corrected chi connectivity index (χ3v) is 3.03.